The molecule has 0 unspecified atom stereocenters. The molecular formula is C17H14FN3O2. The first-order valence-electron chi connectivity index (χ1n) is 7.01. The molecule has 6 heteroatoms. The summed E-state index contributed by atoms with van der Waals surface area (Å²) in [6.07, 6.45) is 3.25. The predicted octanol–water partition coefficient (Wildman–Crippen LogP) is 3.14. The zero-order valence-corrected chi connectivity index (χ0v) is 12.4. The molecule has 5 nitrogen and oxygen atoms in total. The average molecular weight is 311 g/mol. The largest absolute Gasteiger partial charge is 0.477 e. The van der Waals surface area contributed by atoms with Crippen molar-refractivity contribution in [3.8, 4) is 11.4 Å². The van der Waals surface area contributed by atoms with E-state index in [1.807, 2.05) is 6.07 Å². The molecule has 0 aliphatic rings. The van der Waals surface area contributed by atoms with Gasteiger partial charge in [0.1, 0.15) is 11.6 Å². The smallest absolute Gasteiger partial charge is 0.354 e. The third-order valence-electron chi connectivity index (χ3n) is 3.49. The van der Waals surface area contributed by atoms with Gasteiger partial charge < -0.3 is 9.67 Å². The molecule has 0 spiro atoms. The number of aromatic nitrogens is 3. The molecule has 0 radical (unpaired) electrons. The summed E-state index contributed by atoms with van der Waals surface area (Å²) < 4.78 is 15.0. The molecule has 116 valence electrons. The number of carboxylic acid groups (broad SMARTS) is 1. The van der Waals surface area contributed by atoms with Crippen molar-refractivity contribution in [2.45, 2.75) is 13.5 Å². The van der Waals surface area contributed by atoms with E-state index in [2.05, 4.69) is 9.97 Å². The van der Waals surface area contributed by atoms with Crippen LogP contribution in [0.2, 0.25) is 0 Å². The summed E-state index contributed by atoms with van der Waals surface area (Å²) in [4.78, 5) is 20.0. The number of nitrogens with zero attached hydrogens (tertiary/aromatic N) is 3. The van der Waals surface area contributed by atoms with Gasteiger partial charge in [0.15, 0.2) is 5.69 Å². The lowest BCUT2D eigenvalue weighted by Gasteiger charge is -2.10. The van der Waals surface area contributed by atoms with Crippen LogP contribution >= 0.6 is 0 Å². The number of carboxylic acids is 1. The van der Waals surface area contributed by atoms with Crippen LogP contribution in [0.1, 0.15) is 21.7 Å². The number of rotatable bonds is 4. The Morgan fingerprint density at radius 2 is 2.13 bits per heavy atom. The molecule has 1 aromatic carbocycles. The monoisotopic (exact) mass is 311 g/mol. The number of hydrogen-bond acceptors (Lipinski definition) is 3. The standard InChI is InChI=1S/C17H14FN3O2/c1-11-15(17(22)23)21(10-12-4-2-6-14(18)8-12)16(20-11)13-5-3-7-19-9-13/h2-9H,10H2,1H3,(H,22,23). The lowest BCUT2D eigenvalue weighted by Crippen LogP contribution is -2.12. The molecular weight excluding hydrogens is 297 g/mol. The highest BCUT2D eigenvalue weighted by Crippen LogP contribution is 2.23. The van der Waals surface area contributed by atoms with E-state index < -0.39 is 5.97 Å². The molecule has 1 N–H and O–H groups in total. The molecule has 0 amide bonds. The lowest BCUT2D eigenvalue weighted by atomic mass is 10.2. The van der Waals surface area contributed by atoms with Gasteiger partial charge in [-0.3, -0.25) is 4.98 Å². The summed E-state index contributed by atoms with van der Waals surface area (Å²) in [7, 11) is 0. The molecule has 3 rings (SSSR count). The summed E-state index contributed by atoms with van der Waals surface area (Å²) >= 11 is 0. The number of pyridine rings is 1. The van der Waals surface area contributed by atoms with Crippen molar-refractivity contribution in [1.82, 2.24) is 14.5 Å². The van der Waals surface area contributed by atoms with Crippen LogP contribution < -0.4 is 0 Å². The van der Waals surface area contributed by atoms with Crippen LogP contribution in [0.15, 0.2) is 48.8 Å². The van der Waals surface area contributed by atoms with E-state index in [-0.39, 0.29) is 18.1 Å². The maximum absolute atomic E-state index is 13.4. The number of halogens is 1. The van der Waals surface area contributed by atoms with E-state index in [1.165, 1.54) is 12.1 Å². The highest BCUT2D eigenvalue weighted by atomic mass is 19.1. The van der Waals surface area contributed by atoms with Crippen LogP contribution in [-0.4, -0.2) is 25.6 Å². The molecule has 0 aliphatic carbocycles. The molecule has 23 heavy (non-hydrogen) atoms. The average Bonchev–Trinajstić information content (AvgIpc) is 2.84. The van der Waals surface area contributed by atoms with Crippen LogP contribution in [0.5, 0.6) is 0 Å². The van der Waals surface area contributed by atoms with Gasteiger partial charge in [-0.1, -0.05) is 12.1 Å². The highest BCUT2D eigenvalue weighted by molar-refractivity contribution is 5.88. The van der Waals surface area contributed by atoms with Crippen molar-refractivity contribution < 1.29 is 14.3 Å². The fourth-order valence-corrected chi connectivity index (χ4v) is 2.53. The van der Waals surface area contributed by atoms with E-state index in [9.17, 15) is 14.3 Å². The van der Waals surface area contributed by atoms with Crippen LogP contribution in [0.25, 0.3) is 11.4 Å². The van der Waals surface area contributed by atoms with E-state index in [0.717, 1.165) is 0 Å². The van der Waals surface area contributed by atoms with Gasteiger partial charge in [0.2, 0.25) is 0 Å². The van der Waals surface area contributed by atoms with E-state index >= 15 is 0 Å². The normalized spacial score (nSPS) is 10.7. The Morgan fingerprint density at radius 3 is 2.78 bits per heavy atom. The topological polar surface area (TPSA) is 68.0 Å². The number of imidazole rings is 1. The number of hydrogen-bond donors (Lipinski definition) is 1. The second-order valence-corrected chi connectivity index (χ2v) is 5.13. The Balaban J connectivity index is 2.14. The number of benzene rings is 1. The second kappa shape index (κ2) is 6.00. The molecule has 0 fully saturated rings. The summed E-state index contributed by atoms with van der Waals surface area (Å²) in [6, 6.07) is 9.64. The highest BCUT2D eigenvalue weighted by Gasteiger charge is 2.21. The third-order valence-corrected chi connectivity index (χ3v) is 3.49. The van der Waals surface area contributed by atoms with Gasteiger partial charge in [-0.25, -0.2) is 14.2 Å². The summed E-state index contributed by atoms with van der Waals surface area (Å²) in [5.41, 5.74) is 1.87. The van der Waals surface area contributed by atoms with Crippen molar-refractivity contribution >= 4 is 5.97 Å². The van der Waals surface area contributed by atoms with Gasteiger partial charge in [-0.05, 0) is 36.8 Å². The van der Waals surface area contributed by atoms with E-state index in [0.29, 0.717) is 22.6 Å². The van der Waals surface area contributed by atoms with Gasteiger partial charge >= 0.3 is 5.97 Å². The molecule has 0 saturated heterocycles. The molecule has 3 aromatic rings. The Bertz CT molecular complexity index is 860. The maximum Gasteiger partial charge on any atom is 0.354 e. The van der Waals surface area contributed by atoms with Crippen LogP contribution in [0.3, 0.4) is 0 Å². The van der Waals surface area contributed by atoms with Crippen molar-refractivity contribution in [1.29, 1.82) is 0 Å². The summed E-state index contributed by atoms with van der Waals surface area (Å²) in [5.74, 6) is -0.932. The lowest BCUT2D eigenvalue weighted by molar-refractivity contribution is 0.0685. The zero-order valence-electron chi connectivity index (χ0n) is 12.4. The van der Waals surface area contributed by atoms with Crippen molar-refractivity contribution in [3.05, 3.63) is 71.6 Å². The van der Waals surface area contributed by atoms with Crippen molar-refractivity contribution in [3.63, 3.8) is 0 Å². The molecule has 0 aliphatic heterocycles. The van der Waals surface area contributed by atoms with Gasteiger partial charge in [0.05, 0.1) is 12.2 Å². The Morgan fingerprint density at radius 1 is 1.30 bits per heavy atom. The minimum absolute atomic E-state index is 0.0908. The van der Waals surface area contributed by atoms with Gasteiger partial charge in [0, 0.05) is 18.0 Å². The zero-order chi connectivity index (χ0) is 16.4. The molecule has 0 atom stereocenters. The number of carbonyl (C=O) groups is 1. The second-order valence-electron chi connectivity index (χ2n) is 5.13. The quantitative estimate of drug-likeness (QED) is 0.803. The maximum atomic E-state index is 13.4. The van der Waals surface area contributed by atoms with Crippen LogP contribution in [0, 0.1) is 12.7 Å². The minimum Gasteiger partial charge on any atom is -0.477 e. The Hall–Kier alpha value is -3.02. The minimum atomic E-state index is -1.07. The van der Waals surface area contributed by atoms with E-state index in [1.54, 1.807) is 42.1 Å². The Labute approximate surface area is 132 Å². The van der Waals surface area contributed by atoms with Gasteiger partial charge in [-0.2, -0.15) is 0 Å². The van der Waals surface area contributed by atoms with Crippen LogP contribution in [0.4, 0.5) is 4.39 Å². The first-order valence-corrected chi connectivity index (χ1v) is 7.01. The van der Waals surface area contributed by atoms with Crippen molar-refractivity contribution in [2.75, 3.05) is 0 Å². The number of aromatic carboxylic acids is 1. The third kappa shape index (κ3) is 2.96. The fraction of sp³-hybridized carbons (Fsp3) is 0.118. The number of aryl methyl sites for hydroxylation is 1. The first kappa shape index (κ1) is 14.9. The first-order chi connectivity index (χ1) is 11.1. The Kier molecular flexibility index (Phi) is 3.89. The SMILES string of the molecule is Cc1nc(-c2cccnc2)n(Cc2cccc(F)c2)c1C(=O)O. The molecule has 2 aromatic heterocycles. The van der Waals surface area contributed by atoms with Gasteiger partial charge in [-0.15, -0.1) is 0 Å². The molecule has 0 bridgehead atoms. The van der Waals surface area contributed by atoms with E-state index in [4.69, 9.17) is 0 Å². The van der Waals surface area contributed by atoms with Gasteiger partial charge in [0.25, 0.3) is 0 Å². The van der Waals surface area contributed by atoms with Crippen molar-refractivity contribution in [2.24, 2.45) is 0 Å². The summed E-state index contributed by atoms with van der Waals surface area (Å²) in [5, 5.41) is 9.49. The van der Waals surface area contributed by atoms with Crippen LogP contribution in [-0.2, 0) is 6.54 Å². The fourth-order valence-electron chi connectivity index (χ4n) is 2.53. The molecule has 2 heterocycles. The molecule has 0 saturated carbocycles. The summed E-state index contributed by atoms with van der Waals surface area (Å²) in [6.45, 7) is 1.86. The predicted molar refractivity (Wildman–Crippen MR) is 82.7 cm³/mol.